The molecule has 0 aliphatic carbocycles. The number of hydrogen-bond donors (Lipinski definition) is 0. The van der Waals surface area contributed by atoms with Crippen LogP contribution in [0.3, 0.4) is 0 Å². The van der Waals surface area contributed by atoms with Crippen molar-refractivity contribution in [2.45, 2.75) is 0 Å². The molecule has 0 aliphatic rings. The topological polar surface area (TPSA) is 9.23 Å². The number of hydrogen-bond acceptors (Lipinski definition) is 1. The van der Waals surface area contributed by atoms with E-state index in [2.05, 4.69) is 0 Å². The minimum absolute atomic E-state index is 0.0933. The molecule has 0 aromatic heterocycles. The number of alkyl halides is 1. The Balaban J connectivity index is 2.57. The van der Waals surface area contributed by atoms with Crippen molar-refractivity contribution in [2.75, 3.05) is 12.5 Å². The molecule has 4 heteroatoms. The average Bonchev–Trinajstić information content (AvgIpc) is 2.18. The van der Waals surface area contributed by atoms with E-state index < -0.39 is 11.6 Å². The lowest BCUT2D eigenvalue weighted by Crippen LogP contribution is -1.96. The molecule has 0 amide bonds. The Hall–Kier alpha value is -1.09. The lowest BCUT2D eigenvalue weighted by molar-refractivity contribution is 0.339. The van der Waals surface area contributed by atoms with Crippen molar-refractivity contribution < 1.29 is 13.5 Å². The molecule has 0 bridgehead atoms. The van der Waals surface area contributed by atoms with E-state index in [1.54, 1.807) is 12.2 Å². The Bertz CT molecular complexity index is 326. The van der Waals surface area contributed by atoms with E-state index in [1.807, 2.05) is 0 Å². The lowest BCUT2D eigenvalue weighted by Gasteiger charge is -2.03. The van der Waals surface area contributed by atoms with Crippen LogP contribution in [0.15, 0.2) is 30.4 Å². The van der Waals surface area contributed by atoms with Gasteiger partial charge in [0.2, 0.25) is 0 Å². The molecule has 0 radical (unpaired) electrons. The van der Waals surface area contributed by atoms with E-state index in [9.17, 15) is 8.78 Å². The Kier molecular flexibility index (Phi) is 4.40. The van der Waals surface area contributed by atoms with Gasteiger partial charge in [-0.1, -0.05) is 12.2 Å². The second-order valence-corrected chi connectivity index (χ2v) is 2.82. The molecule has 0 atom stereocenters. The smallest absolute Gasteiger partial charge is 0.165 e. The molecule has 14 heavy (non-hydrogen) atoms. The minimum atomic E-state index is -0.578. The maximum Gasteiger partial charge on any atom is 0.165 e. The van der Waals surface area contributed by atoms with Crippen molar-refractivity contribution in [3.8, 4) is 5.75 Å². The molecular weight excluding hydrogens is 210 g/mol. The zero-order valence-electron chi connectivity index (χ0n) is 7.34. The number of halogens is 3. The zero-order chi connectivity index (χ0) is 10.4. The normalized spacial score (nSPS) is 10.8. The van der Waals surface area contributed by atoms with E-state index >= 15 is 0 Å². The molecule has 0 spiro atoms. The van der Waals surface area contributed by atoms with E-state index in [4.69, 9.17) is 16.3 Å². The Morgan fingerprint density at radius 1 is 1.29 bits per heavy atom. The quantitative estimate of drug-likeness (QED) is 0.557. The van der Waals surface area contributed by atoms with E-state index in [0.29, 0.717) is 5.88 Å². The fourth-order valence-electron chi connectivity index (χ4n) is 0.857. The SMILES string of the molecule is Fc1ccc(F)c(OCC=CCCl)c1. The van der Waals surface area contributed by atoms with Crippen LogP contribution in [-0.4, -0.2) is 12.5 Å². The highest BCUT2D eigenvalue weighted by atomic mass is 35.5. The minimum Gasteiger partial charge on any atom is -0.486 e. The van der Waals surface area contributed by atoms with Gasteiger partial charge in [0.05, 0.1) is 0 Å². The van der Waals surface area contributed by atoms with Crippen LogP contribution in [0.5, 0.6) is 5.75 Å². The van der Waals surface area contributed by atoms with Crippen molar-refractivity contribution in [3.05, 3.63) is 42.0 Å². The molecule has 0 unspecified atom stereocenters. The third-order valence-corrected chi connectivity index (χ3v) is 1.66. The van der Waals surface area contributed by atoms with Crippen LogP contribution in [0.25, 0.3) is 0 Å². The molecule has 0 N–H and O–H groups in total. The third kappa shape index (κ3) is 3.34. The highest BCUT2D eigenvalue weighted by molar-refractivity contribution is 6.18. The summed E-state index contributed by atoms with van der Waals surface area (Å²) in [5.74, 6) is -0.827. The molecule has 0 heterocycles. The number of allylic oxidation sites excluding steroid dienone is 1. The first kappa shape index (κ1) is 11.0. The fraction of sp³-hybridized carbons (Fsp3) is 0.200. The van der Waals surface area contributed by atoms with Gasteiger partial charge in [-0.3, -0.25) is 0 Å². The fourth-order valence-corrected chi connectivity index (χ4v) is 0.983. The van der Waals surface area contributed by atoms with Crippen LogP contribution in [-0.2, 0) is 0 Å². The predicted octanol–water partition coefficient (Wildman–Crippen LogP) is 3.14. The van der Waals surface area contributed by atoms with Crippen LogP contribution in [0.2, 0.25) is 0 Å². The van der Waals surface area contributed by atoms with Crippen molar-refractivity contribution in [1.82, 2.24) is 0 Å². The standard InChI is InChI=1S/C10H9ClF2O/c11-5-1-2-6-14-10-7-8(12)3-4-9(10)13/h1-4,7H,5-6H2. The second-order valence-electron chi connectivity index (χ2n) is 2.51. The third-order valence-electron chi connectivity index (χ3n) is 1.48. The highest BCUT2D eigenvalue weighted by Gasteiger charge is 2.03. The number of rotatable bonds is 4. The van der Waals surface area contributed by atoms with Gasteiger partial charge in [-0.2, -0.15) is 0 Å². The summed E-state index contributed by atoms with van der Waals surface area (Å²) in [6, 6.07) is 3.07. The van der Waals surface area contributed by atoms with Gasteiger partial charge in [0, 0.05) is 11.9 Å². The molecule has 1 aromatic carbocycles. The summed E-state index contributed by atoms with van der Waals surface area (Å²) < 4.78 is 30.5. The van der Waals surface area contributed by atoms with Crippen LogP contribution < -0.4 is 4.74 Å². The largest absolute Gasteiger partial charge is 0.486 e. The molecule has 1 nitrogen and oxygen atoms in total. The maximum absolute atomic E-state index is 12.9. The van der Waals surface area contributed by atoms with Gasteiger partial charge in [0.15, 0.2) is 11.6 Å². The summed E-state index contributed by atoms with van der Waals surface area (Å²) in [6.07, 6.45) is 3.30. The van der Waals surface area contributed by atoms with Gasteiger partial charge in [0.1, 0.15) is 12.4 Å². The van der Waals surface area contributed by atoms with Crippen molar-refractivity contribution in [1.29, 1.82) is 0 Å². The van der Waals surface area contributed by atoms with Crippen molar-refractivity contribution in [2.24, 2.45) is 0 Å². The molecular formula is C10H9ClF2O. The van der Waals surface area contributed by atoms with Crippen molar-refractivity contribution in [3.63, 3.8) is 0 Å². The summed E-state index contributed by atoms with van der Waals surface area (Å²) >= 11 is 5.36. The van der Waals surface area contributed by atoms with Gasteiger partial charge in [0.25, 0.3) is 0 Å². The van der Waals surface area contributed by atoms with Crippen LogP contribution in [0.1, 0.15) is 0 Å². The number of benzene rings is 1. The zero-order valence-corrected chi connectivity index (χ0v) is 8.10. The monoisotopic (exact) mass is 218 g/mol. The lowest BCUT2D eigenvalue weighted by atomic mass is 10.3. The summed E-state index contributed by atoms with van der Waals surface area (Å²) in [4.78, 5) is 0. The highest BCUT2D eigenvalue weighted by Crippen LogP contribution is 2.17. The van der Waals surface area contributed by atoms with Gasteiger partial charge in [-0.05, 0) is 12.1 Å². The Morgan fingerprint density at radius 2 is 2.07 bits per heavy atom. The molecule has 1 rings (SSSR count). The van der Waals surface area contributed by atoms with Gasteiger partial charge in [-0.25, -0.2) is 8.78 Å². The first-order valence-electron chi connectivity index (χ1n) is 4.03. The summed E-state index contributed by atoms with van der Waals surface area (Å²) in [5.41, 5.74) is 0. The molecule has 0 saturated heterocycles. The van der Waals surface area contributed by atoms with Crippen LogP contribution in [0, 0.1) is 11.6 Å². The van der Waals surface area contributed by atoms with E-state index in [1.165, 1.54) is 0 Å². The van der Waals surface area contributed by atoms with Crippen molar-refractivity contribution >= 4 is 11.6 Å². The molecule has 0 saturated carbocycles. The molecule has 1 aromatic rings. The summed E-state index contributed by atoms with van der Waals surface area (Å²) in [6.45, 7) is 0.174. The number of ether oxygens (including phenoxy) is 1. The Labute approximate surface area is 85.9 Å². The first-order chi connectivity index (χ1) is 6.74. The maximum atomic E-state index is 12.9. The second kappa shape index (κ2) is 5.60. The predicted molar refractivity (Wildman–Crippen MR) is 51.7 cm³/mol. The van der Waals surface area contributed by atoms with E-state index in [0.717, 1.165) is 18.2 Å². The van der Waals surface area contributed by atoms with Gasteiger partial charge >= 0.3 is 0 Å². The Morgan fingerprint density at radius 3 is 2.79 bits per heavy atom. The first-order valence-corrected chi connectivity index (χ1v) is 4.56. The molecule has 0 aliphatic heterocycles. The molecule has 0 fully saturated rings. The van der Waals surface area contributed by atoms with Crippen LogP contribution in [0.4, 0.5) is 8.78 Å². The van der Waals surface area contributed by atoms with E-state index in [-0.39, 0.29) is 12.4 Å². The van der Waals surface area contributed by atoms with Gasteiger partial charge in [-0.15, -0.1) is 11.6 Å². The average molecular weight is 219 g/mol. The van der Waals surface area contributed by atoms with Gasteiger partial charge < -0.3 is 4.74 Å². The summed E-state index contributed by atoms with van der Waals surface area (Å²) in [7, 11) is 0. The summed E-state index contributed by atoms with van der Waals surface area (Å²) in [5, 5.41) is 0. The van der Waals surface area contributed by atoms with Crippen LogP contribution >= 0.6 is 11.6 Å². The molecule has 76 valence electrons.